The minimum atomic E-state index is -5.71. The van der Waals surface area contributed by atoms with Crippen LogP contribution in [0.15, 0.2) is 61.1 Å². The van der Waals surface area contributed by atoms with Gasteiger partial charge < -0.3 is 4.57 Å². The van der Waals surface area contributed by atoms with Gasteiger partial charge in [-0.25, -0.2) is 4.68 Å². The Bertz CT molecular complexity index is 1210. The second-order valence-corrected chi connectivity index (χ2v) is 7.74. The molecule has 0 saturated carbocycles. The molecule has 0 radical (unpaired) electrons. The Balaban J connectivity index is 1.78. The molecule has 2 aromatic carbocycles. The fourth-order valence-electron chi connectivity index (χ4n) is 3.22. The van der Waals surface area contributed by atoms with Gasteiger partial charge in [0.15, 0.2) is 0 Å². The lowest BCUT2D eigenvalue weighted by atomic mass is 10.1. The molecule has 0 aliphatic carbocycles. The zero-order valence-corrected chi connectivity index (χ0v) is 17.0. The second kappa shape index (κ2) is 6.82. The van der Waals surface area contributed by atoms with Crippen molar-refractivity contribution >= 4 is 33.4 Å². The summed E-state index contributed by atoms with van der Waals surface area (Å²) in [5, 5.41) is 5.79. The van der Waals surface area contributed by atoms with Crippen LogP contribution in [0.3, 0.4) is 0 Å². The average molecular weight is 517 g/mol. The Morgan fingerprint density at radius 2 is 1.72 bits per heavy atom. The Kier molecular flexibility index (Phi) is 4.67. The van der Waals surface area contributed by atoms with E-state index in [1.807, 2.05) is 35.2 Å². The highest BCUT2D eigenvalue weighted by Crippen LogP contribution is 2.44. The summed E-state index contributed by atoms with van der Waals surface area (Å²) in [5.74, 6) is -5.01. The quantitative estimate of drug-likeness (QED) is 0.229. The fourth-order valence-corrected chi connectivity index (χ4v) is 3.88. The standard InChI is InChI=1S/C20H13F5IN3/c1-12-9-14(29-18(7-8-27-29)19(21,22)20(23,24)25)5-6-17(12)28-10-13-3-2-4-16(26)15(13)11-28/h2-11H,1H3. The van der Waals surface area contributed by atoms with Gasteiger partial charge in [0, 0.05) is 38.6 Å². The Morgan fingerprint density at radius 1 is 0.966 bits per heavy atom. The topological polar surface area (TPSA) is 22.8 Å². The van der Waals surface area contributed by atoms with E-state index in [4.69, 9.17) is 0 Å². The van der Waals surface area contributed by atoms with Gasteiger partial charge in [-0.1, -0.05) is 12.1 Å². The van der Waals surface area contributed by atoms with Crippen LogP contribution in [0, 0.1) is 10.5 Å². The third-order valence-corrected chi connectivity index (χ3v) is 5.60. The highest BCUT2D eigenvalue weighted by Gasteiger charge is 2.60. The van der Waals surface area contributed by atoms with Crippen LogP contribution in [0.1, 0.15) is 11.3 Å². The van der Waals surface area contributed by atoms with Crippen molar-refractivity contribution in [1.29, 1.82) is 0 Å². The molecule has 0 bridgehead atoms. The number of aryl methyl sites for hydroxylation is 1. The fraction of sp³-hybridized carbons (Fsp3) is 0.150. The Morgan fingerprint density at radius 3 is 2.38 bits per heavy atom. The molecule has 4 aromatic rings. The van der Waals surface area contributed by atoms with Gasteiger partial charge in [-0.2, -0.15) is 27.1 Å². The first kappa shape index (κ1) is 19.9. The van der Waals surface area contributed by atoms with E-state index in [1.165, 1.54) is 12.1 Å². The number of rotatable bonds is 3. The number of benzene rings is 2. The number of hydrogen-bond donors (Lipinski definition) is 0. The largest absolute Gasteiger partial charge is 0.459 e. The van der Waals surface area contributed by atoms with E-state index in [0.717, 1.165) is 26.2 Å². The molecule has 3 nitrogen and oxygen atoms in total. The van der Waals surface area contributed by atoms with Crippen molar-refractivity contribution in [3.8, 4) is 11.4 Å². The molecular formula is C20H13F5IN3. The van der Waals surface area contributed by atoms with Crippen LogP contribution in [0.25, 0.3) is 22.1 Å². The summed E-state index contributed by atoms with van der Waals surface area (Å²) in [6.07, 6.45) is -0.881. The second-order valence-electron chi connectivity index (χ2n) is 6.58. The molecule has 0 amide bonds. The van der Waals surface area contributed by atoms with Crippen LogP contribution in [-0.2, 0) is 5.92 Å². The lowest BCUT2D eigenvalue weighted by Gasteiger charge is -2.21. The number of halogens is 6. The van der Waals surface area contributed by atoms with Gasteiger partial charge in [-0.3, -0.25) is 0 Å². The maximum atomic E-state index is 13.9. The molecule has 0 aliphatic rings. The molecule has 0 fully saturated rings. The third-order valence-electron chi connectivity index (χ3n) is 4.66. The van der Waals surface area contributed by atoms with Crippen molar-refractivity contribution in [2.45, 2.75) is 19.0 Å². The number of hydrogen-bond acceptors (Lipinski definition) is 1. The van der Waals surface area contributed by atoms with Crippen molar-refractivity contribution in [1.82, 2.24) is 14.3 Å². The van der Waals surface area contributed by atoms with Gasteiger partial charge >= 0.3 is 12.1 Å². The molecule has 2 heterocycles. The maximum Gasteiger partial charge on any atom is 0.459 e. The molecule has 0 unspecified atom stereocenters. The molecule has 29 heavy (non-hydrogen) atoms. The monoisotopic (exact) mass is 517 g/mol. The van der Waals surface area contributed by atoms with Crippen LogP contribution >= 0.6 is 22.6 Å². The molecule has 150 valence electrons. The average Bonchev–Trinajstić information content (AvgIpc) is 3.28. The predicted octanol–water partition coefficient (Wildman–Crippen LogP) is 6.38. The summed E-state index contributed by atoms with van der Waals surface area (Å²) in [7, 11) is 0. The molecule has 4 rings (SSSR count). The Hall–Kier alpha value is -2.43. The zero-order valence-electron chi connectivity index (χ0n) is 14.9. The summed E-state index contributed by atoms with van der Waals surface area (Å²) < 4.78 is 69.7. The van der Waals surface area contributed by atoms with E-state index in [0.29, 0.717) is 16.3 Å². The van der Waals surface area contributed by atoms with E-state index in [1.54, 1.807) is 13.0 Å². The number of nitrogens with zero attached hydrogens (tertiary/aromatic N) is 3. The van der Waals surface area contributed by atoms with Gasteiger partial charge in [-0.15, -0.1) is 0 Å². The first-order valence-electron chi connectivity index (χ1n) is 8.46. The predicted molar refractivity (Wildman–Crippen MR) is 108 cm³/mol. The molecular weight excluding hydrogens is 504 g/mol. The Labute approximate surface area is 175 Å². The number of fused-ring (bicyclic) bond motifs is 1. The maximum absolute atomic E-state index is 13.9. The number of aromatic nitrogens is 3. The molecule has 0 N–H and O–H groups in total. The minimum absolute atomic E-state index is 0.126. The lowest BCUT2D eigenvalue weighted by molar-refractivity contribution is -0.291. The first-order valence-corrected chi connectivity index (χ1v) is 9.54. The smallest absolute Gasteiger partial charge is 0.322 e. The molecule has 2 aromatic heterocycles. The molecule has 0 atom stereocenters. The molecule has 0 aliphatic heterocycles. The molecule has 0 spiro atoms. The molecule has 9 heteroatoms. The van der Waals surface area contributed by atoms with E-state index in [9.17, 15) is 22.0 Å². The van der Waals surface area contributed by atoms with Crippen LogP contribution in [0.4, 0.5) is 22.0 Å². The van der Waals surface area contributed by atoms with Gasteiger partial charge in [-0.05, 0) is 65.4 Å². The SMILES string of the molecule is Cc1cc(-n2nccc2C(F)(F)C(F)(F)F)ccc1-n1cc2cccc(I)c2c1. The van der Waals surface area contributed by atoms with Crippen molar-refractivity contribution in [2.75, 3.05) is 0 Å². The summed E-state index contributed by atoms with van der Waals surface area (Å²) >= 11 is 2.24. The van der Waals surface area contributed by atoms with E-state index < -0.39 is 17.8 Å². The number of alkyl halides is 5. The van der Waals surface area contributed by atoms with Crippen LogP contribution in [0.5, 0.6) is 0 Å². The van der Waals surface area contributed by atoms with Crippen LogP contribution in [0.2, 0.25) is 0 Å². The van der Waals surface area contributed by atoms with Crippen molar-refractivity contribution < 1.29 is 22.0 Å². The van der Waals surface area contributed by atoms with Gasteiger partial charge in [0.1, 0.15) is 5.69 Å². The highest BCUT2D eigenvalue weighted by atomic mass is 127. The molecule has 0 saturated heterocycles. The van der Waals surface area contributed by atoms with E-state index >= 15 is 0 Å². The highest BCUT2D eigenvalue weighted by molar-refractivity contribution is 14.1. The lowest BCUT2D eigenvalue weighted by Crippen LogP contribution is -2.35. The van der Waals surface area contributed by atoms with Crippen molar-refractivity contribution in [3.63, 3.8) is 0 Å². The van der Waals surface area contributed by atoms with Crippen molar-refractivity contribution in [3.05, 3.63) is 75.9 Å². The van der Waals surface area contributed by atoms with Gasteiger partial charge in [0.25, 0.3) is 0 Å². The summed E-state index contributed by atoms with van der Waals surface area (Å²) in [4.78, 5) is 0. The van der Waals surface area contributed by atoms with E-state index in [2.05, 4.69) is 27.7 Å². The summed E-state index contributed by atoms with van der Waals surface area (Å²) in [6.45, 7) is 1.76. The zero-order chi connectivity index (χ0) is 21.0. The van der Waals surface area contributed by atoms with Crippen molar-refractivity contribution in [2.24, 2.45) is 0 Å². The normalized spacial score (nSPS) is 12.7. The minimum Gasteiger partial charge on any atom is -0.322 e. The van der Waals surface area contributed by atoms with Gasteiger partial charge in [0.2, 0.25) is 0 Å². The van der Waals surface area contributed by atoms with Crippen LogP contribution < -0.4 is 0 Å². The first-order chi connectivity index (χ1) is 13.6. The van der Waals surface area contributed by atoms with Gasteiger partial charge in [0.05, 0.1) is 5.69 Å². The summed E-state index contributed by atoms with van der Waals surface area (Å²) in [6, 6.07) is 11.3. The third kappa shape index (κ3) is 3.30. The summed E-state index contributed by atoms with van der Waals surface area (Å²) in [5.41, 5.74) is 0.395. The van der Waals surface area contributed by atoms with Crippen LogP contribution in [-0.4, -0.2) is 20.5 Å². The van der Waals surface area contributed by atoms with E-state index in [-0.39, 0.29) is 5.69 Å².